The van der Waals surface area contributed by atoms with Crippen molar-refractivity contribution in [1.29, 1.82) is 0 Å². The van der Waals surface area contributed by atoms with Crippen LogP contribution in [-0.2, 0) is 14.4 Å². The van der Waals surface area contributed by atoms with Gasteiger partial charge in [-0.1, -0.05) is 33.1 Å². The first-order chi connectivity index (χ1) is 9.28. The van der Waals surface area contributed by atoms with Gasteiger partial charge in [-0.05, 0) is 18.8 Å². The molecule has 6 heteroatoms. The molecule has 20 heavy (non-hydrogen) atoms. The minimum absolute atomic E-state index is 0.103. The molecule has 1 atom stereocenters. The average molecular weight is 284 g/mol. The summed E-state index contributed by atoms with van der Waals surface area (Å²) >= 11 is 0. The van der Waals surface area contributed by atoms with E-state index in [1.165, 1.54) is 6.92 Å². The normalized spacial score (nSPS) is 19.2. The lowest BCUT2D eigenvalue weighted by Gasteiger charge is -2.35. The summed E-state index contributed by atoms with van der Waals surface area (Å²) in [6.07, 6.45) is 3.46. The van der Waals surface area contributed by atoms with Crippen molar-refractivity contribution in [3.8, 4) is 0 Å². The molecule has 6 nitrogen and oxygen atoms in total. The van der Waals surface area contributed by atoms with Gasteiger partial charge >= 0.3 is 5.97 Å². The van der Waals surface area contributed by atoms with Gasteiger partial charge in [0, 0.05) is 6.92 Å². The van der Waals surface area contributed by atoms with Gasteiger partial charge in [0.05, 0.1) is 0 Å². The standard InChI is InChI=1S/C14H24N2O4/c1-9(2)11(15-10(3)17)12(18)16-14(13(19)20)7-5-4-6-8-14/h9,11H,4-8H2,1-3H3,(H,15,17)(H,16,18)(H,19,20)/t11-/m0/s1. The summed E-state index contributed by atoms with van der Waals surface area (Å²) < 4.78 is 0. The Morgan fingerprint density at radius 1 is 1.10 bits per heavy atom. The molecule has 114 valence electrons. The van der Waals surface area contributed by atoms with Crippen molar-refractivity contribution >= 4 is 17.8 Å². The maximum absolute atomic E-state index is 12.3. The monoisotopic (exact) mass is 284 g/mol. The fraction of sp³-hybridized carbons (Fsp3) is 0.786. The quantitative estimate of drug-likeness (QED) is 0.703. The summed E-state index contributed by atoms with van der Waals surface area (Å²) in [4.78, 5) is 35.0. The van der Waals surface area contributed by atoms with Crippen LogP contribution in [0.1, 0.15) is 52.9 Å². The van der Waals surface area contributed by atoms with Crippen molar-refractivity contribution in [3.05, 3.63) is 0 Å². The molecule has 0 spiro atoms. The van der Waals surface area contributed by atoms with Crippen LogP contribution in [-0.4, -0.2) is 34.5 Å². The maximum Gasteiger partial charge on any atom is 0.329 e. The third-order valence-electron chi connectivity index (χ3n) is 3.79. The zero-order valence-electron chi connectivity index (χ0n) is 12.4. The van der Waals surface area contributed by atoms with E-state index in [1.54, 1.807) is 0 Å². The van der Waals surface area contributed by atoms with Gasteiger partial charge in [-0.3, -0.25) is 9.59 Å². The number of carboxylic acid groups (broad SMARTS) is 1. The van der Waals surface area contributed by atoms with Gasteiger partial charge in [0.25, 0.3) is 0 Å². The molecule has 0 heterocycles. The van der Waals surface area contributed by atoms with Crippen LogP contribution in [0.4, 0.5) is 0 Å². The van der Waals surface area contributed by atoms with Crippen LogP contribution >= 0.6 is 0 Å². The minimum atomic E-state index is -1.18. The van der Waals surface area contributed by atoms with E-state index in [2.05, 4.69) is 10.6 Å². The van der Waals surface area contributed by atoms with Gasteiger partial charge in [-0.15, -0.1) is 0 Å². The number of aliphatic carboxylic acids is 1. The Morgan fingerprint density at radius 3 is 2.05 bits per heavy atom. The molecule has 0 aromatic rings. The molecule has 1 rings (SSSR count). The van der Waals surface area contributed by atoms with Crippen LogP contribution in [0.15, 0.2) is 0 Å². The average Bonchev–Trinajstić information content (AvgIpc) is 2.36. The third kappa shape index (κ3) is 3.95. The highest BCUT2D eigenvalue weighted by atomic mass is 16.4. The van der Waals surface area contributed by atoms with E-state index >= 15 is 0 Å². The number of nitrogens with one attached hydrogen (secondary N) is 2. The van der Waals surface area contributed by atoms with Crippen LogP contribution in [0, 0.1) is 5.92 Å². The Hall–Kier alpha value is -1.59. The van der Waals surface area contributed by atoms with Crippen molar-refractivity contribution in [1.82, 2.24) is 10.6 Å². The molecule has 0 unspecified atom stereocenters. The van der Waals surface area contributed by atoms with E-state index in [9.17, 15) is 19.5 Å². The molecule has 1 fully saturated rings. The Balaban J connectivity index is 2.83. The molecule has 0 aliphatic heterocycles. The van der Waals surface area contributed by atoms with Gasteiger partial charge in [0.1, 0.15) is 11.6 Å². The van der Waals surface area contributed by atoms with Crippen molar-refractivity contribution in [2.75, 3.05) is 0 Å². The molecule has 3 N–H and O–H groups in total. The lowest BCUT2D eigenvalue weighted by atomic mass is 9.81. The highest BCUT2D eigenvalue weighted by Crippen LogP contribution is 2.28. The van der Waals surface area contributed by atoms with E-state index in [4.69, 9.17) is 0 Å². The van der Waals surface area contributed by atoms with Gasteiger partial charge in [0.2, 0.25) is 11.8 Å². The number of carboxylic acids is 1. The van der Waals surface area contributed by atoms with E-state index in [-0.39, 0.29) is 11.8 Å². The molecule has 0 radical (unpaired) electrons. The SMILES string of the molecule is CC(=O)N[C@H](C(=O)NC1(C(=O)O)CCCCC1)C(C)C. The molecule has 0 aromatic carbocycles. The lowest BCUT2D eigenvalue weighted by molar-refractivity contribution is -0.150. The van der Waals surface area contributed by atoms with Crippen molar-refractivity contribution in [2.24, 2.45) is 5.92 Å². The Bertz CT molecular complexity index is 387. The lowest BCUT2D eigenvalue weighted by Crippen LogP contribution is -2.60. The third-order valence-corrected chi connectivity index (χ3v) is 3.79. The molecule has 0 bridgehead atoms. The Kier molecular flexibility index (Phi) is 5.53. The van der Waals surface area contributed by atoms with Gasteiger partial charge in [-0.25, -0.2) is 4.79 Å². The zero-order valence-corrected chi connectivity index (χ0v) is 12.4. The summed E-state index contributed by atoms with van der Waals surface area (Å²) in [6.45, 7) is 4.97. The predicted molar refractivity (Wildman–Crippen MR) is 74.0 cm³/mol. The van der Waals surface area contributed by atoms with Crippen LogP contribution in [0.25, 0.3) is 0 Å². The number of rotatable bonds is 5. The summed E-state index contributed by atoms with van der Waals surface area (Å²) in [5.74, 6) is -1.81. The molecule has 0 saturated heterocycles. The first-order valence-corrected chi connectivity index (χ1v) is 7.11. The maximum atomic E-state index is 12.3. The molecule has 0 aromatic heterocycles. The number of hydrogen-bond acceptors (Lipinski definition) is 3. The number of amides is 2. The van der Waals surface area contributed by atoms with E-state index in [0.29, 0.717) is 12.8 Å². The Morgan fingerprint density at radius 2 is 1.65 bits per heavy atom. The molecular formula is C14H24N2O4. The molecule has 1 aliphatic carbocycles. The summed E-state index contributed by atoms with van der Waals surface area (Å²) in [5.41, 5.74) is -1.18. The second-order valence-electron chi connectivity index (χ2n) is 5.86. The van der Waals surface area contributed by atoms with Crippen molar-refractivity contribution in [3.63, 3.8) is 0 Å². The van der Waals surface area contributed by atoms with Gasteiger partial charge < -0.3 is 15.7 Å². The fourth-order valence-corrected chi connectivity index (χ4v) is 2.62. The van der Waals surface area contributed by atoms with Crippen molar-refractivity contribution < 1.29 is 19.5 Å². The first kappa shape index (κ1) is 16.5. The fourth-order valence-electron chi connectivity index (χ4n) is 2.62. The number of carbonyl (C=O) groups excluding carboxylic acids is 2. The second-order valence-corrected chi connectivity index (χ2v) is 5.86. The largest absolute Gasteiger partial charge is 0.480 e. The molecular weight excluding hydrogens is 260 g/mol. The highest BCUT2D eigenvalue weighted by molar-refractivity contribution is 5.92. The second kappa shape index (κ2) is 6.72. The summed E-state index contributed by atoms with van der Waals surface area (Å²) in [6, 6.07) is -0.703. The number of carbonyl (C=O) groups is 3. The zero-order chi connectivity index (χ0) is 15.3. The topological polar surface area (TPSA) is 95.5 Å². The molecule has 2 amide bonds. The molecule has 1 saturated carbocycles. The van der Waals surface area contributed by atoms with Crippen molar-refractivity contribution in [2.45, 2.75) is 64.5 Å². The van der Waals surface area contributed by atoms with Crippen LogP contribution in [0.2, 0.25) is 0 Å². The van der Waals surface area contributed by atoms with E-state index < -0.39 is 23.5 Å². The predicted octanol–water partition coefficient (Wildman–Crippen LogP) is 1.05. The summed E-state index contributed by atoms with van der Waals surface area (Å²) in [5, 5.41) is 14.7. The minimum Gasteiger partial charge on any atom is -0.480 e. The van der Waals surface area contributed by atoms with E-state index in [0.717, 1.165) is 19.3 Å². The smallest absolute Gasteiger partial charge is 0.329 e. The Labute approximate surface area is 119 Å². The first-order valence-electron chi connectivity index (χ1n) is 7.11. The van der Waals surface area contributed by atoms with E-state index in [1.807, 2.05) is 13.8 Å². The van der Waals surface area contributed by atoms with Gasteiger partial charge in [0.15, 0.2) is 0 Å². The van der Waals surface area contributed by atoms with Crippen LogP contribution in [0.5, 0.6) is 0 Å². The van der Waals surface area contributed by atoms with Crippen LogP contribution in [0.3, 0.4) is 0 Å². The molecule has 1 aliphatic rings. The van der Waals surface area contributed by atoms with Crippen LogP contribution < -0.4 is 10.6 Å². The van der Waals surface area contributed by atoms with Gasteiger partial charge in [-0.2, -0.15) is 0 Å². The number of hydrogen-bond donors (Lipinski definition) is 3. The summed E-state index contributed by atoms with van der Waals surface area (Å²) in [7, 11) is 0. The highest BCUT2D eigenvalue weighted by Gasteiger charge is 2.42.